The Bertz CT molecular complexity index is 537. The first kappa shape index (κ1) is 13.1. The van der Waals surface area contributed by atoms with Gasteiger partial charge < -0.3 is 5.73 Å². The molecular formula is C14H21N3S. The first-order valence-electron chi connectivity index (χ1n) is 6.43. The molecule has 0 spiro atoms. The smallest absolute Gasteiger partial charge is 0.125 e. The monoisotopic (exact) mass is 263 g/mol. The van der Waals surface area contributed by atoms with Gasteiger partial charge in [0.1, 0.15) is 11.5 Å². The van der Waals surface area contributed by atoms with E-state index in [2.05, 4.69) is 38.0 Å². The summed E-state index contributed by atoms with van der Waals surface area (Å²) in [4.78, 5) is 2.62. The molecule has 2 aromatic heterocycles. The fraction of sp³-hybridized carbons (Fsp3) is 0.500. The lowest BCUT2D eigenvalue weighted by atomic mass is 10.0. The van der Waals surface area contributed by atoms with Gasteiger partial charge in [0.05, 0.1) is 4.88 Å². The van der Waals surface area contributed by atoms with Gasteiger partial charge in [0.25, 0.3) is 0 Å². The van der Waals surface area contributed by atoms with E-state index in [0.29, 0.717) is 5.92 Å². The molecule has 18 heavy (non-hydrogen) atoms. The minimum absolute atomic E-state index is 0.584. The Balaban J connectivity index is 2.46. The molecule has 0 atom stereocenters. The molecule has 0 amide bonds. The van der Waals surface area contributed by atoms with Crippen LogP contribution in [0.3, 0.4) is 0 Å². The molecule has 0 aliphatic heterocycles. The average Bonchev–Trinajstić information content (AvgIpc) is 2.88. The second-order valence-electron chi connectivity index (χ2n) is 5.05. The van der Waals surface area contributed by atoms with Crippen LogP contribution in [0.25, 0.3) is 10.6 Å². The average molecular weight is 263 g/mol. The zero-order chi connectivity index (χ0) is 13.3. The van der Waals surface area contributed by atoms with Crippen molar-refractivity contribution in [3.05, 3.63) is 22.6 Å². The molecule has 0 saturated heterocycles. The van der Waals surface area contributed by atoms with Gasteiger partial charge in [-0.25, -0.2) is 0 Å². The van der Waals surface area contributed by atoms with E-state index in [1.54, 1.807) is 4.68 Å². The van der Waals surface area contributed by atoms with Crippen molar-refractivity contribution in [1.29, 1.82) is 0 Å². The highest BCUT2D eigenvalue weighted by Crippen LogP contribution is 2.33. The predicted octanol–water partition coefficient (Wildman–Crippen LogP) is 3.49. The van der Waals surface area contributed by atoms with Gasteiger partial charge in [-0.15, -0.1) is 11.3 Å². The fourth-order valence-electron chi connectivity index (χ4n) is 2.08. The Hall–Kier alpha value is -1.29. The van der Waals surface area contributed by atoms with Gasteiger partial charge in [-0.05, 0) is 30.9 Å². The van der Waals surface area contributed by atoms with Crippen molar-refractivity contribution in [1.82, 2.24) is 9.78 Å². The highest BCUT2D eigenvalue weighted by molar-refractivity contribution is 7.15. The number of hydrogen-bond acceptors (Lipinski definition) is 3. The number of nitrogens with two attached hydrogens (primary N) is 1. The van der Waals surface area contributed by atoms with Crippen LogP contribution in [0.4, 0.5) is 5.82 Å². The maximum Gasteiger partial charge on any atom is 0.125 e. The second kappa shape index (κ2) is 5.14. The number of rotatable bonds is 4. The number of nitrogens with zero attached hydrogens (tertiary/aromatic N) is 2. The summed E-state index contributed by atoms with van der Waals surface area (Å²) >= 11 is 1.82. The summed E-state index contributed by atoms with van der Waals surface area (Å²) in [5, 5.41) is 4.58. The minimum atomic E-state index is 0.584. The normalized spacial score (nSPS) is 11.4. The summed E-state index contributed by atoms with van der Waals surface area (Å²) < 4.78 is 1.79. The number of thiophene rings is 1. The summed E-state index contributed by atoms with van der Waals surface area (Å²) in [6, 6.07) is 4.35. The highest BCUT2D eigenvalue weighted by Gasteiger charge is 2.17. The molecule has 0 aromatic carbocycles. The van der Waals surface area contributed by atoms with Gasteiger partial charge in [-0.3, -0.25) is 4.68 Å². The van der Waals surface area contributed by atoms with Crippen molar-refractivity contribution in [2.45, 2.75) is 33.6 Å². The van der Waals surface area contributed by atoms with E-state index in [9.17, 15) is 0 Å². The van der Waals surface area contributed by atoms with E-state index in [4.69, 9.17) is 5.73 Å². The van der Waals surface area contributed by atoms with Crippen LogP contribution in [0, 0.1) is 5.92 Å². The molecule has 98 valence electrons. The summed E-state index contributed by atoms with van der Waals surface area (Å²) in [6.07, 6.45) is 2.06. The maximum absolute atomic E-state index is 6.13. The third-order valence-corrected chi connectivity index (χ3v) is 4.29. The summed E-state index contributed by atoms with van der Waals surface area (Å²) in [7, 11) is 1.91. The molecule has 0 aliphatic rings. The van der Waals surface area contributed by atoms with Gasteiger partial charge in [0.2, 0.25) is 0 Å². The Kier molecular flexibility index (Phi) is 3.76. The Morgan fingerprint density at radius 1 is 1.39 bits per heavy atom. The Labute approximate surface area is 113 Å². The first-order chi connectivity index (χ1) is 8.52. The van der Waals surface area contributed by atoms with Crippen LogP contribution in [0.1, 0.15) is 31.2 Å². The molecule has 3 nitrogen and oxygen atoms in total. The summed E-state index contributed by atoms with van der Waals surface area (Å²) in [5.41, 5.74) is 8.39. The molecule has 4 heteroatoms. The van der Waals surface area contributed by atoms with E-state index in [1.165, 1.54) is 15.3 Å². The van der Waals surface area contributed by atoms with Crippen LogP contribution in [-0.4, -0.2) is 9.78 Å². The molecule has 0 saturated carbocycles. The molecule has 0 aliphatic carbocycles. The van der Waals surface area contributed by atoms with Gasteiger partial charge >= 0.3 is 0 Å². The number of hydrogen-bond donors (Lipinski definition) is 1. The first-order valence-corrected chi connectivity index (χ1v) is 7.25. The van der Waals surface area contributed by atoms with Crippen LogP contribution in [0.2, 0.25) is 0 Å². The lowest BCUT2D eigenvalue weighted by Gasteiger charge is -2.05. The van der Waals surface area contributed by atoms with E-state index in [-0.39, 0.29) is 0 Å². The lowest BCUT2D eigenvalue weighted by molar-refractivity contribution is 0.649. The summed E-state index contributed by atoms with van der Waals surface area (Å²) in [5.74, 6) is 1.38. The number of aromatic nitrogens is 2. The van der Waals surface area contributed by atoms with Crippen LogP contribution in [-0.2, 0) is 19.9 Å². The topological polar surface area (TPSA) is 43.8 Å². The van der Waals surface area contributed by atoms with Crippen LogP contribution >= 0.6 is 11.3 Å². The van der Waals surface area contributed by atoms with Crippen LogP contribution < -0.4 is 5.73 Å². The standard InChI is InChI=1S/C14H21N3S/c1-5-10-6-7-12(18-10)13-11(8-9(2)3)14(15)17(4)16-13/h6-7,9H,5,8,15H2,1-4H3. The number of aryl methyl sites for hydroxylation is 2. The number of nitrogen functional groups attached to an aromatic ring is 1. The van der Waals surface area contributed by atoms with Crippen molar-refractivity contribution in [3.63, 3.8) is 0 Å². The van der Waals surface area contributed by atoms with Gasteiger partial charge in [0.15, 0.2) is 0 Å². The minimum Gasteiger partial charge on any atom is -0.384 e. The Morgan fingerprint density at radius 2 is 2.11 bits per heavy atom. The molecule has 0 unspecified atom stereocenters. The van der Waals surface area contributed by atoms with Crippen molar-refractivity contribution in [2.75, 3.05) is 5.73 Å². The number of anilines is 1. The van der Waals surface area contributed by atoms with Crippen LogP contribution in [0.5, 0.6) is 0 Å². The molecule has 2 heterocycles. The molecular weight excluding hydrogens is 242 g/mol. The molecule has 0 radical (unpaired) electrons. The van der Waals surface area contributed by atoms with Gasteiger partial charge in [0, 0.05) is 17.5 Å². The SMILES string of the molecule is CCc1ccc(-c2nn(C)c(N)c2CC(C)C)s1. The van der Waals surface area contributed by atoms with Gasteiger partial charge in [-0.2, -0.15) is 5.10 Å². The molecule has 0 bridgehead atoms. The summed E-state index contributed by atoms with van der Waals surface area (Å²) in [6.45, 7) is 6.60. The molecule has 0 fully saturated rings. The van der Waals surface area contributed by atoms with Crippen LogP contribution in [0.15, 0.2) is 12.1 Å². The zero-order valence-corrected chi connectivity index (χ0v) is 12.3. The maximum atomic E-state index is 6.13. The third-order valence-electron chi connectivity index (χ3n) is 3.05. The predicted molar refractivity (Wildman–Crippen MR) is 78.9 cm³/mol. The van der Waals surface area contributed by atoms with E-state index in [1.807, 2.05) is 18.4 Å². The second-order valence-corrected chi connectivity index (χ2v) is 6.22. The Morgan fingerprint density at radius 3 is 2.67 bits per heavy atom. The lowest BCUT2D eigenvalue weighted by Crippen LogP contribution is -2.01. The van der Waals surface area contributed by atoms with Crippen molar-refractivity contribution in [2.24, 2.45) is 13.0 Å². The van der Waals surface area contributed by atoms with Crippen molar-refractivity contribution < 1.29 is 0 Å². The fourth-order valence-corrected chi connectivity index (χ4v) is 3.04. The van der Waals surface area contributed by atoms with Crippen molar-refractivity contribution in [3.8, 4) is 10.6 Å². The highest BCUT2D eigenvalue weighted by atomic mass is 32.1. The van der Waals surface area contributed by atoms with E-state index >= 15 is 0 Å². The van der Waals surface area contributed by atoms with Crippen molar-refractivity contribution >= 4 is 17.2 Å². The van der Waals surface area contributed by atoms with Gasteiger partial charge in [-0.1, -0.05) is 20.8 Å². The zero-order valence-electron chi connectivity index (χ0n) is 11.5. The quantitative estimate of drug-likeness (QED) is 0.917. The van der Waals surface area contributed by atoms with E-state index < -0.39 is 0 Å². The largest absolute Gasteiger partial charge is 0.384 e. The molecule has 2 N–H and O–H groups in total. The van der Waals surface area contributed by atoms with E-state index in [0.717, 1.165) is 24.4 Å². The third kappa shape index (κ3) is 2.43. The molecule has 2 aromatic rings. The molecule has 2 rings (SSSR count).